The third-order valence-corrected chi connectivity index (χ3v) is 3.51. The Labute approximate surface area is 108 Å². The first-order valence-corrected chi connectivity index (χ1v) is 5.91. The molecule has 1 N–H and O–H groups in total. The van der Waals surface area contributed by atoms with Crippen molar-refractivity contribution in [3.05, 3.63) is 29.6 Å². The van der Waals surface area contributed by atoms with Crippen LogP contribution in [0.1, 0.15) is 18.4 Å². The second-order valence-electron chi connectivity index (χ2n) is 4.97. The number of hydrogen-bond acceptors (Lipinski definition) is 3. The van der Waals surface area contributed by atoms with Gasteiger partial charge >= 0.3 is 6.03 Å². The van der Waals surface area contributed by atoms with E-state index in [-0.39, 0.29) is 5.69 Å². The topological polar surface area (TPSA) is 66.5 Å². The number of benzene rings is 1. The molecule has 0 aromatic heterocycles. The second-order valence-corrected chi connectivity index (χ2v) is 4.97. The van der Waals surface area contributed by atoms with E-state index in [4.69, 9.17) is 0 Å². The standard InChI is InChI=1S/C13H11FN2O3/c1-7-4-8(14)6-9(5-7)16-11(18)13(2-3-13)10(17)15-12(16)19/h4-6H,2-3H2,1H3,(H,15,17,19). The third kappa shape index (κ3) is 1.63. The van der Waals surface area contributed by atoms with Crippen LogP contribution in [0.25, 0.3) is 0 Å². The molecular formula is C13H11FN2O3. The van der Waals surface area contributed by atoms with Gasteiger partial charge in [-0.15, -0.1) is 0 Å². The van der Waals surface area contributed by atoms with Crippen LogP contribution >= 0.6 is 0 Å². The van der Waals surface area contributed by atoms with E-state index in [2.05, 4.69) is 5.32 Å². The molecule has 1 aliphatic heterocycles. The fraction of sp³-hybridized carbons (Fsp3) is 0.308. The Morgan fingerprint density at radius 2 is 1.89 bits per heavy atom. The van der Waals surface area contributed by atoms with Crippen LogP contribution in [0.15, 0.2) is 18.2 Å². The Kier molecular flexibility index (Phi) is 2.26. The number of imide groups is 2. The van der Waals surface area contributed by atoms with Gasteiger partial charge in [0.25, 0.3) is 5.91 Å². The van der Waals surface area contributed by atoms with Crippen LogP contribution in [0.2, 0.25) is 0 Å². The van der Waals surface area contributed by atoms with E-state index in [0.717, 1.165) is 11.0 Å². The van der Waals surface area contributed by atoms with Gasteiger partial charge in [0.1, 0.15) is 11.2 Å². The van der Waals surface area contributed by atoms with Crippen LogP contribution < -0.4 is 10.2 Å². The lowest BCUT2D eigenvalue weighted by molar-refractivity contribution is -0.136. The molecule has 0 bridgehead atoms. The number of nitrogens with zero attached hydrogens (tertiary/aromatic N) is 1. The molecule has 0 radical (unpaired) electrons. The highest BCUT2D eigenvalue weighted by Crippen LogP contribution is 2.49. The average Bonchev–Trinajstić information content (AvgIpc) is 3.06. The van der Waals surface area contributed by atoms with E-state index in [1.54, 1.807) is 6.92 Å². The Morgan fingerprint density at radius 1 is 1.21 bits per heavy atom. The lowest BCUT2D eigenvalue weighted by Gasteiger charge is -2.30. The number of carbonyl (C=O) groups excluding carboxylic acids is 3. The normalized spacial score (nSPS) is 20.7. The van der Waals surface area contributed by atoms with E-state index < -0.39 is 29.1 Å². The number of carbonyl (C=O) groups is 3. The predicted octanol–water partition coefficient (Wildman–Crippen LogP) is 1.50. The van der Waals surface area contributed by atoms with Gasteiger partial charge in [-0.05, 0) is 43.5 Å². The summed E-state index contributed by atoms with van der Waals surface area (Å²) in [4.78, 5) is 36.6. The summed E-state index contributed by atoms with van der Waals surface area (Å²) in [7, 11) is 0. The van der Waals surface area contributed by atoms with Gasteiger partial charge in [-0.3, -0.25) is 14.9 Å². The van der Waals surface area contributed by atoms with Crippen molar-refractivity contribution < 1.29 is 18.8 Å². The number of urea groups is 1. The van der Waals surface area contributed by atoms with E-state index in [1.165, 1.54) is 12.1 Å². The second kappa shape index (κ2) is 3.63. The fourth-order valence-corrected chi connectivity index (χ4v) is 2.32. The number of halogens is 1. The van der Waals surface area contributed by atoms with Gasteiger partial charge in [-0.25, -0.2) is 14.1 Å². The number of nitrogens with one attached hydrogen (secondary N) is 1. The maximum atomic E-state index is 13.4. The molecule has 5 nitrogen and oxygen atoms in total. The minimum atomic E-state index is -1.12. The van der Waals surface area contributed by atoms with Crippen molar-refractivity contribution in [3.8, 4) is 0 Å². The molecule has 0 atom stereocenters. The van der Waals surface area contributed by atoms with Gasteiger partial charge in [0.05, 0.1) is 5.69 Å². The Bertz CT molecular complexity index is 602. The van der Waals surface area contributed by atoms with Crippen molar-refractivity contribution in [1.82, 2.24) is 5.32 Å². The lowest BCUT2D eigenvalue weighted by atomic mass is 10.0. The van der Waals surface area contributed by atoms with Crippen LogP contribution in [-0.2, 0) is 9.59 Å². The molecule has 1 aromatic rings. The van der Waals surface area contributed by atoms with Crippen molar-refractivity contribution >= 4 is 23.5 Å². The van der Waals surface area contributed by atoms with E-state index in [1.807, 2.05) is 0 Å². The Morgan fingerprint density at radius 3 is 2.47 bits per heavy atom. The zero-order valence-electron chi connectivity index (χ0n) is 10.2. The smallest absolute Gasteiger partial charge is 0.276 e. The largest absolute Gasteiger partial charge is 0.335 e. The number of anilines is 1. The minimum absolute atomic E-state index is 0.152. The number of rotatable bonds is 1. The molecule has 1 saturated carbocycles. The molecule has 3 rings (SSSR count). The van der Waals surface area contributed by atoms with E-state index in [0.29, 0.717) is 18.4 Å². The van der Waals surface area contributed by atoms with Crippen molar-refractivity contribution in [3.63, 3.8) is 0 Å². The average molecular weight is 262 g/mol. The van der Waals surface area contributed by atoms with Gasteiger partial charge < -0.3 is 0 Å². The predicted molar refractivity (Wildman–Crippen MR) is 63.8 cm³/mol. The summed E-state index contributed by atoms with van der Waals surface area (Å²) in [6, 6.07) is 3.12. The van der Waals surface area contributed by atoms with Gasteiger partial charge in [-0.2, -0.15) is 0 Å². The molecule has 1 aliphatic carbocycles. The van der Waals surface area contributed by atoms with Gasteiger partial charge in [-0.1, -0.05) is 0 Å². The number of aryl methyl sites for hydroxylation is 1. The van der Waals surface area contributed by atoms with Gasteiger partial charge in [0.2, 0.25) is 5.91 Å². The quantitative estimate of drug-likeness (QED) is 0.780. The first-order chi connectivity index (χ1) is 8.94. The van der Waals surface area contributed by atoms with E-state index in [9.17, 15) is 18.8 Å². The van der Waals surface area contributed by atoms with Crippen molar-refractivity contribution in [1.29, 1.82) is 0 Å². The Hall–Kier alpha value is -2.24. The van der Waals surface area contributed by atoms with Crippen LogP contribution in [0, 0.1) is 18.2 Å². The van der Waals surface area contributed by atoms with Crippen molar-refractivity contribution in [2.45, 2.75) is 19.8 Å². The summed E-state index contributed by atoms with van der Waals surface area (Å²) < 4.78 is 13.4. The first-order valence-electron chi connectivity index (χ1n) is 5.91. The van der Waals surface area contributed by atoms with Crippen LogP contribution in [-0.4, -0.2) is 17.8 Å². The monoisotopic (exact) mass is 262 g/mol. The molecule has 4 amide bonds. The maximum absolute atomic E-state index is 13.4. The summed E-state index contributed by atoms with van der Waals surface area (Å²) in [5, 5.41) is 2.15. The molecule has 98 valence electrons. The highest BCUT2D eigenvalue weighted by atomic mass is 19.1. The van der Waals surface area contributed by atoms with Crippen LogP contribution in [0.4, 0.5) is 14.9 Å². The summed E-state index contributed by atoms with van der Waals surface area (Å²) in [5.74, 6) is -1.64. The molecule has 1 saturated heterocycles. The minimum Gasteiger partial charge on any atom is -0.276 e. The highest BCUT2D eigenvalue weighted by Gasteiger charge is 2.62. The third-order valence-electron chi connectivity index (χ3n) is 3.51. The van der Waals surface area contributed by atoms with Gasteiger partial charge in [0, 0.05) is 0 Å². The van der Waals surface area contributed by atoms with Gasteiger partial charge in [0.15, 0.2) is 0 Å². The molecule has 0 unspecified atom stereocenters. The number of amides is 4. The SMILES string of the molecule is Cc1cc(F)cc(N2C(=O)NC(=O)C3(CC3)C2=O)c1. The molecule has 6 heteroatoms. The van der Waals surface area contributed by atoms with Crippen LogP contribution in [0.3, 0.4) is 0 Å². The molecular weight excluding hydrogens is 251 g/mol. The molecule has 1 spiro atoms. The maximum Gasteiger partial charge on any atom is 0.335 e. The highest BCUT2D eigenvalue weighted by molar-refractivity contribution is 6.31. The Balaban J connectivity index is 2.06. The number of hydrogen-bond donors (Lipinski definition) is 1. The van der Waals surface area contributed by atoms with Crippen molar-refractivity contribution in [2.24, 2.45) is 5.41 Å². The zero-order valence-corrected chi connectivity index (χ0v) is 10.2. The lowest BCUT2D eigenvalue weighted by Crippen LogP contribution is -2.59. The molecule has 19 heavy (non-hydrogen) atoms. The summed E-state index contributed by atoms with van der Waals surface area (Å²) in [6.45, 7) is 1.66. The zero-order chi connectivity index (χ0) is 13.8. The molecule has 2 fully saturated rings. The molecule has 1 heterocycles. The number of barbiturate groups is 1. The molecule has 1 aromatic carbocycles. The summed E-state index contributed by atoms with van der Waals surface area (Å²) in [6.07, 6.45) is 0.853. The summed E-state index contributed by atoms with van der Waals surface area (Å²) in [5.41, 5.74) is -0.371. The molecule has 2 aliphatic rings. The van der Waals surface area contributed by atoms with Crippen molar-refractivity contribution in [2.75, 3.05) is 4.90 Å². The summed E-state index contributed by atoms with van der Waals surface area (Å²) >= 11 is 0. The first kappa shape index (κ1) is 11.8. The van der Waals surface area contributed by atoms with Crippen LogP contribution in [0.5, 0.6) is 0 Å². The fourth-order valence-electron chi connectivity index (χ4n) is 2.32. The van der Waals surface area contributed by atoms with E-state index >= 15 is 0 Å².